The van der Waals surface area contributed by atoms with Gasteiger partial charge in [-0.3, -0.25) is 4.79 Å². The number of ether oxygens (including phenoxy) is 1. The number of likely N-dealkylation sites (N-methyl/N-ethyl adjacent to an activating group) is 1. The normalized spacial score (nSPS) is 14.9. The zero-order chi connectivity index (χ0) is 17.3. The summed E-state index contributed by atoms with van der Waals surface area (Å²) in [6, 6.07) is 13.9. The highest BCUT2D eigenvalue weighted by Gasteiger charge is 2.31. The molecule has 2 aromatic rings. The summed E-state index contributed by atoms with van der Waals surface area (Å²) in [6.45, 7) is 2.63. The monoisotopic (exact) mass is 322 g/mol. The molecule has 1 aliphatic heterocycles. The van der Waals surface area contributed by atoms with E-state index in [1.807, 2.05) is 57.4 Å². The molecule has 0 spiro atoms. The average molecular weight is 322 g/mol. The van der Waals surface area contributed by atoms with Gasteiger partial charge in [-0.25, -0.2) is 0 Å². The minimum absolute atomic E-state index is 0.0393. The molecular formula is C20H22N2O2. The van der Waals surface area contributed by atoms with Crippen molar-refractivity contribution in [3.05, 3.63) is 53.6 Å². The van der Waals surface area contributed by atoms with Crippen molar-refractivity contribution in [3.8, 4) is 5.75 Å². The van der Waals surface area contributed by atoms with E-state index in [0.29, 0.717) is 12.1 Å². The molecule has 124 valence electrons. The number of hydrogen-bond acceptors (Lipinski definition) is 3. The number of benzene rings is 2. The topological polar surface area (TPSA) is 32.8 Å². The molecule has 24 heavy (non-hydrogen) atoms. The fourth-order valence-electron chi connectivity index (χ4n) is 2.95. The van der Waals surface area contributed by atoms with E-state index in [0.717, 1.165) is 28.3 Å². The van der Waals surface area contributed by atoms with Crippen LogP contribution in [0.15, 0.2) is 42.5 Å². The Kier molecular flexibility index (Phi) is 4.30. The van der Waals surface area contributed by atoms with E-state index >= 15 is 0 Å². The predicted octanol–water partition coefficient (Wildman–Crippen LogP) is 3.67. The van der Waals surface area contributed by atoms with Gasteiger partial charge in [-0.2, -0.15) is 0 Å². The standard InChI is InChI=1S/C20H22N2O2/c1-5-22-19-11-10-16(24-4)13-17(19)18(20(22)23)12-14-6-8-15(9-7-14)21(2)3/h6-13H,5H2,1-4H3. The zero-order valence-corrected chi connectivity index (χ0v) is 14.5. The summed E-state index contributed by atoms with van der Waals surface area (Å²) >= 11 is 0. The maximum Gasteiger partial charge on any atom is 0.258 e. The van der Waals surface area contributed by atoms with E-state index in [4.69, 9.17) is 4.74 Å². The number of methoxy groups -OCH3 is 1. The number of nitrogens with zero attached hydrogens (tertiary/aromatic N) is 2. The van der Waals surface area contributed by atoms with Crippen molar-refractivity contribution in [2.24, 2.45) is 0 Å². The van der Waals surface area contributed by atoms with E-state index in [9.17, 15) is 4.79 Å². The molecule has 0 saturated heterocycles. The van der Waals surface area contributed by atoms with E-state index in [1.54, 1.807) is 12.0 Å². The molecule has 0 radical (unpaired) electrons. The maximum atomic E-state index is 12.8. The molecule has 0 aromatic heterocycles. The number of carbonyl (C=O) groups excluding carboxylic acids is 1. The van der Waals surface area contributed by atoms with Crippen molar-refractivity contribution in [3.63, 3.8) is 0 Å². The van der Waals surface area contributed by atoms with Crippen LogP contribution in [0.25, 0.3) is 11.6 Å². The smallest absolute Gasteiger partial charge is 0.258 e. The first-order chi connectivity index (χ1) is 11.5. The van der Waals surface area contributed by atoms with Crippen LogP contribution < -0.4 is 14.5 Å². The fourth-order valence-corrected chi connectivity index (χ4v) is 2.95. The molecule has 4 nitrogen and oxygen atoms in total. The SMILES string of the molecule is CCN1C(=O)C(=Cc2ccc(N(C)C)cc2)c2cc(OC)ccc21. The molecule has 0 aliphatic carbocycles. The summed E-state index contributed by atoms with van der Waals surface area (Å²) < 4.78 is 5.32. The summed E-state index contributed by atoms with van der Waals surface area (Å²) in [5, 5.41) is 0. The van der Waals surface area contributed by atoms with Crippen LogP contribution in [0.2, 0.25) is 0 Å². The Labute approximate surface area is 143 Å². The highest BCUT2D eigenvalue weighted by molar-refractivity contribution is 6.35. The summed E-state index contributed by atoms with van der Waals surface area (Å²) in [7, 11) is 5.66. The second kappa shape index (κ2) is 6.40. The van der Waals surface area contributed by atoms with Crippen LogP contribution in [-0.2, 0) is 4.79 Å². The molecule has 1 amide bonds. The lowest BCUT2D eigenvalue weighted by atomic mass is 10.0. The lowest BCUT2D eigenvalue weighted by Crippen LogP contribution is -2.25. The molecule has 0 saturated carbocycles. The van der Waals surface area contributed by atoms with Crippen LogP contribution in [0.1, 0.15) is 18.1 Å². The molecule has 1 heterocycles. The zero-order valence-electron chi connectivity index (χ0n) is 14.5. The van der Waals surface area contributed by atoms with Gasteiger partial charge in [-0.1, -0.05) is 12.1 Å². The predicted molar refractivity (Wildman–Crippen MR) is 99.7 cm³/mol. The second-order valence-corrected chi connectivity index (χ2v) is 5.98. The Morgan fingerprint density at radius 2 is 1.83 bits per heavy atom. The lowest BCUT2D eigenvalue weighted by molar-refractivity contribution is -0.112. The number of fused-ring (bicyclic) bond motifs is 1. The van der Waals surface area contributed by atoms with Crippen LogP contribution in [0.4, 0.5) is 11.4 Å². The fraction of sp³-hybridized carbons (Fsp3) is 0.250. The van der Waals surface area contributed by atoms with Gasteiger partial charge in [0.2, 0.25) is 0 Å². The van der Waals surface area contributed by atoms with Crippen LogP contribution in [0.5, 0.6) is 5.75 Å². The molecule has 4 heteroatoms. The second-order valence-electron chi connectivity index (χ2n) is 5.98. The Balaban J connectivity index is 2.05. The third-order valence-electron chi connectivity index (χ3n) is 4.30. The molecule has 3 rings (SSSR count). The van der Waals surface area contributed by atoms with Gasteiger partial charge in [0.05, 0.1) is 12.8 Å². The van der Waals surface area contributed by atoms with Gasteiger partial charge < -0.3 is 14.5 Å². The number of rotatable bonds is 4. The van der Waals surface area contributed by atoms with Crippen LogP contribution in [-0.4, -0.2) is 33.7 Å². The van der Waals surface area contributed by atoms with E-state index < -0.39 is 0 Å². The van der Waals surface area contributed by atoms with Crippen molar-refractivity contribution in [1.82, 2.24) is 0 Å². The van der Waals surface area contributed by atoms with E-state index in [-0.39, 0.29) is 5.91 Å². The van der Waals surface area contributed by atoms with Crippen molar-refractivity contribution in [2.75, 3.05) is 37.5 Å². The van der Waals surface area contributed by atoms with Gasteiger partial charge in [0.15, 0.2) is 0 Å². The quantitative estimate of drug-likeness (QED) is 0.805. The molecule has 0 atom stereocenters. The Hall–Kier alpha value is -2.75. The Bertz CT molecular complexity index is 792. The first kappa shape index (κ1) is 16.1. The lowest BCUT2D eigenvalue weighted by Gasteiger charge is -2.14. The highest BCUT2D eigenvalue weighted by atomic mass is 16.5. The van der Waals surface area contributed by atoms with Gasteiger partial charge in [0.1, 0.15) is 5.75 Å². The van der Waals surface area contributed by atoms with E-state index in [1.165, 1.54) is 0 Å². The highest BCUT2D eigenvalue weighted by Crippen LogP contribution is 2.39. The number of carbonyl (C=O) groups is 1. The summed E-state index contributed by atoms with van der Waals surface area (Å²) in [5.74, 6) is 0.797. The van der Waals surface area contributed by atoms with Crippen LogP contribution in [0, 0.1) is 0 Å². The molecule has 2 aromatic carbocycles. The first-order valence-corrected chi connectivity index (χ1v) is 8.04. The number of amides is 1. The molecule has 0 fully saturated rings. The van der Waals surface area contributed by atoms with Crippen molar-refractivity contribution in [1.29, 1.82) is 0 Å². The molecule has 0 N–H and O–H groups in total. The van der Waals surface area contributed by atoms with Gasteiger partial charge in [-0.05, 0) is 48.9 Å². The van der Waals surface area contributed by atoms with Crippen LogP contribution in [0.3, 0.4) is 0 Å². The molecule has 0 unspecified atom stereocenters. The van der Waals surface area contributed by atoms with Gasteiger partial charge in [-0.15, -0.1) is 0 Å². The number of anilines is 2. The minimum Gasteiger partial charge on any atom is -0.497 e. The Morgan fingerprint density at radius 3 is 2.42 bits per heavy atom. The van der Waals surface area contributed by atoms with E-state index in [2.05, 4.69) is 17.0 Å². The van der Waals surface area contributed by atoms with Crippen molar-refractivity contribution >= 4 is 28.9 Å². The molecule has 1 aliphatic rings. The van der Waals surface area contributed by atoms with Gasteiger partial charge >= 0.3 is 0 Å². The van der Waals surface area contributed by atoms with Crippen molar-refractivity contribution in [2.45, 2.75) is 6.92 Å². The molecular weight excluding hydrogens is 300 g/mol. The number of hydrogen-bond donors (Lipinski definition) is 0. The third kappa shape index (κ3) is 2.75. The Morgan fingerprint density at radius 1 is 1.12 bits per heavy atom. The average Bonchev–Trinajstić information content (AvgIpc) is 2.86. The first-order valence-electron chi connectivity index (χ1n) is 8.04. The molecule has 0 bridgehead atoms. The van der Waals surface area contributed by atoms with Gasteiger partial charge in [0.25, 0.3) is 5.91 Å². The largest absolute Gasteiger partial charge is 0.497 e. The summed E-state index contributed by atoms with van der Waals surface area (Å²) in [5.41, 5.74) is 4.73. The summed E-state index contributed by atoms with van der Waals surface area (Å²) in [4.78, 5) is 16.6. The van der Waals surface area contributed by atoms with Gasteiger partial charge in [0, 0.05) is 37.5 Å². The van der Waals surface area contributed by atoms with Crippen molar-refractivity contribution < 1.29 is 9.53 Å². The maximum absolute atomic E-state index is 12.8. The minimum atomic E-state index is 0.0393. The third-order valence-corrected chi connectivity index (χ3v) is 4.30. The summed E-state index contributed by atoms with van der Waals surface area (Å²) in [6.07, 6.45) is 1.95. The van der Waals surface area contributed by atoms with Crippen LogP contribution >= 0.6 is 0 Å².